The minimum Gasteiger partial charge on any atom is -0.289 e. The Morgan fingerprint density at radius 3 is 1.90 bits per heavy atom. The molecule has 8 nitrogen and oxygen atoms in total. The van der Waals surface area contributed by atoms with E-state index in [1.165, 1.54) is 19.1 Å². The summed E-state index contributed by atoms with van der Waals surface area (Å²) >= 11 is 0. The number of carbonyl (C=O) groups is 2. The highest BCUT2D eigenvalue weighted by molar-refractivity contribution is 6.28. The Balaban J connectivity index is 1.74. The number of aryl methyl sites for hydroxylation is 1. The molecule has 8 heteroatoms. The first-order chi connectivity index (χ1) is 14.8. The molecular weight excluding hydrogens is 400 g/mol. The molecule has 0 saturated heterocycles. The molecule has 1 aliphatic carbocycles. The molecule has 0 bridgehead atoms. The summed E-state index contributed by atoms with van der Waals surface area (Å²) in [6.45, 7) is 1.50. The summed E-state index contributed by atoms with van der Waals surface area (Å²) < 4.78 is 0. The summed E-state index contributed by atoms with van der Waals surface area (Å²) in [7, 11) is 0. The van der Waals surface area contributed by atoms with Crippen LogP contribution in [0.25, 0.3) is 12.2 Å². The lowest BCUT2D eigenvalue weighted by Crippen LogP contribution is -2.20. The van der Waals surface area contributed by atoms with Gasteiger partial charge in [-0.3, -0.25) is 29.8 Å². The fraction of sp³-hybridized carbons (Fsp3) is 0.0435. The Morgan fingerprint density at radius 2 is 1.29 bits per heavy atom. The monoisotopic (exact) mass is 414 g/mol. The van der Waals surface area contributed by atoms with E-state index in [4.69, 9.17) is 0 Å². The van der Waals surface area contributed by atoms with Crippen molar-refractivity contribution in [2.45, 2.75) is 6.92 Å². The van der Waals surface area contributed by atoms with Crippen LogP contribution in [0.5, 0.6) is 0 Å². The Kier molecular flexibility index (Phi) is 4.75. The van der Waals surface area contributed by atoms with Crippen molar-refractivity contribution in [1.82, 2.24) is 0 Å². The maximum Gasteiger partial charge on any atom is 0.283 e. The molecule has 0 amide bonds. The van der Waals surface area contributed by atoms with Gasteiger partial charge in [0.15, 0.2) is 11.6 Å². The molecule has 0 fully saturated rings. The van der Waals surface area contributed by atoms with Crippen molar-refractivity contribution >= 4 is 35.1 Å². The number of fused-ring (bicyclic) bond motifs is 2. The summed E-state index contributed by atoms with van der Waals surface area (Å²) in [4.78, 5) is 46.6. The predicted octanol–water partition coefficient (Wildman–Crippen LogP) is 4.76. The second-order valence-corrected chi connectivity index (χ2v) is 7.05. The first-order valence-corrected chi connectivity index (χ1v) is 9.22. The van der Waals surface area contributed by atoms with E-state index < -0.39 is 15.5 Å². The summed E-state index contributed by atoms with van der Waals surface area (Å²) in [6, 6.07) is 13.7. The van der Waals surface area contributed by atoms with Gasteiger partial charge in [-0.25, -0.2) is 0 Å². The van der Waals surface area contributed by atoms with E-state index in [1.54, 1.807) is 48.5 Å². The van der Waals surface area contributed by atoms with Crippen LogP contribution in [0, 0.1) is 27.2 Å². The van der Waals surface area contributed by atoms with Gasteiger partial charge in [-0.2, -0.15) is 0 Å². The second kappa shape index (κ2) is 7.42. The van der Waals surface area contributed by atoms with E-state index in [9.17, 15) is 29.8 Å². The van der Waals surface area contributed by atoms with Crippen LogP contribution in [0.3, 0.4) is 0 Å². The van der Waals surface area contributed by atoms with Crippen molar-refractivity contribution in [1.29, 1.82) is 0 Å². The van der Waals surface area contributed by atoms with Gasteiger partial charge in [-0.15, -0.1) is 0 Å². The Labute approximate surface area is 175 Å². The molecule has 31 heavy (non-hydrogen) atoms. The van der Waals surface area contributed by atoms with Crippen molar-refractivity contribution < 1.29 is 19.4 Å². The number of nitro benzene ring substituents is 2. The van der Waals surface area contributed by atoms with Gasteiger partial charge in [0.25, 0.3) is 11.4 Å². The Bertz CT molecular complexity index is 1340. The lowest BCUT2D eigenvalue weighted by molar-refractivity contribution is -0.394. The first kappa shape index (κ1) is 19.8. The molecule has 0 N–H and O–H groups in total. The number of hydrogen-bond donors (Lipinski definition) is 0. The molecule has 0 spiro atoms. The fourth-order valence-electron chi connectivity index (χ4n) is 3.60. The summed E-state index contributed by atoms with van der Waals surface area (Å²) in [5.74, 6) is -0.500. The Hall–Kier alpha value is -4.46. The molecule has 0 aromatic heterocycles. The van der Waals surface area contributed by atoms with Crippen molar-refractivity contribution in [2.75, 3.05) is 0 Å². The van der Waals surface area contributed by atoms with E-state index in [0.29, 0.717) is 22.3 Å². The summed E-state index contributed by atoms with van der Waals surface area (Å²) in [6.07, 6.45) is 3.02. The van der Waals surface area contributed by atoms with Crippen LogP contribution in [0.15, 0.2) is 54.6 Å². The van der Waals surface area contributed by atoms with Crippen molar-refractivity contribution in [2.24, 2.45) is 0 Å². The number of carbonyl (C=O) groups excluding carboxylic acids is 2. The largest absolute Gasteiger partial charge is 0.289 e. The molecule has 0 saturated carbocycles. The standard InChI is InChI=1S/C23H14N2O6/c1-13-10-15(21(25(30)31)12-20(13)24(28)29)8-6-14-7-9-18-19(11-14)23(27)17-5-3-2-4-16(17)22(18)26/h2-12H,1H3/b8-6+. The van der Waals surface area contributed by atoms with Gasteiger partial charge in [0.05, 0.1) is 21.5 Å². The number of nitro groups is 2. The highest BCUT2D eigenvalue weighted by atomic mass is 16.6. The van der Waals surface area contributed by atoms with Crippen LogP contribution < -0.4 is 0 Å². The summed E-state index contributed by atoms with van der Waals surface area (Å²) in [5.41, 5.74) is 1.58. The highest BCUT2D eigenvalue weighted by Gasteiger charge is 2.29. The van der Waals surface area contributed by atoms with Gasteiger partial charge in [0.1, 0.15) is 0 Å². The normalized spacial score (nSPS) is 12.5. The maximum absolute atomic E-state index is 12.8. The molecule has 3 aromatic carbocycles. The third kappa shape index (κ3) is 3.40. The minimum atomic E-state index is -0.682. The van der Waals surface area contributed by atoms with E-state index in [2.05, 4.69) is 0 Å². The lowest BCUT2D eigenvalue weighted by atomic mass is 9.83. The molecule has 3 aromatic rings. The molecule has 0 atom stereocenters. The van der Waals surface area contributed by atoms with Crippen molar-refractivity contribution in [3.63, 3.8) is 0 Å². The number of benzene rings is 3. The minimum absolute atomic E-state index is 0.193. The molecule has 0 heterocycles. The number of hydrogen-bond acceptors (Lipinski definition) is 6. The second-order valence-electron chi connectivity index (χ2n) is 7.05. The number of ketones is 2. The van der Waals surface area contributed by atoms with Gasteiger partial charge in [0.2, 0.25) is 0 Å². The molecule has 1 aliphatic rings. The van der Waals surface area contributed by atoms with Gasteiger partial charge in [-0.05, 0) is 36.8 Å². The van der Waals surface area contributed by atoms with Crippen LogP contribution in [-0.4, -0.2) is 21.4 Å². The van der Waals surface area contributed by atoms with Gasteiger partial charge in [0, 0.05) is 27.8 Å². The Morgan fingerprint density at radius 1 is 0.710 bits per heavy atom. The van der Waals surface area contributed by atoms with E-state index in [0.717, 1.165) is 6.07 Å². The van der Waals surface area contributed by atoms with Gasteiger partial charge in [-0.1, -0.05) is 36.4 Å². The fourth-order valence-corrected chi connectivity index (χ4v) is 3.60. The van der Waals surface area contributed by atoms with Crippen molar-refractivity contribution in [3.05, 3.63) is 114 Å². The van der Waals surface area contributed by atoms with Crippen LogP contribution in [0.2, 0.25) is 0 Å². The van der Waals surface area contributed by atoms with Crippen LogP contribution in [-0.2, 0) is 0 Å². The van der Waals surface area contributed by atoms with Crippen LogP contribution in [0.1, 0.15) is 48.5 Å². The van der Waals surface area contributed by atoms with E-state index in [1.807, 2.05) is 0 Å². The zero-order valence-corrected chi connectivity index (χ0v) is 16.2. The average molecular weight is 414 g/mol. The van der Waals surface area contributed by atoms with Crippen LogP contribution in [0.4, 0.5) is 11.4 Å². The van der Waals surface area contributed by atoms with Gasteiger partial charge < -0.3 is 0 Å². The first-order valence-electron chi connectivity index (χ1n) is 9.22. The highest BCUT2D eigenvalue weighted by Crippen LogP contribution is 2.31. The van der Waals surface area contributed by atoms with Gasteiger partial charge >= 0.3 is 0 Å². The zero-order chi connectivity index (χ0) is 22.3. The van der Waals surface area contributed by atoms with Crippen LogP contribution >= 0.6 is 0 Å². The molecule has 0 unspecified atom stereocenters. The lowest BCUT2D eigenvalue weighted by Gasteiger charge is -2.17. The SMILES string of the molecule is Cc1cc(/C=C/c2ccc3c(c2)C(=O)c2ccccc2C3=O)c([N+](=O)[O-])cc1[N+](=O)[O-]. The molecule has 0 aliphatic heterocycles. The molecular formula is C23H14N2O6. The molecule has 0 radical (unpaired) electrons. The summed E-state index contributed by atoms with van der Waals surface area (Å²) in [5, 5.41) is 22.4. The predicted molar refractivity (Wildman–Crippen MR) is 113 cm³/mol. The molecule has 4 rings (SSSR count). The third-order valence-corrected chi connectivity index (χ3v) is 5.14. The van der Waals surface area contributed by atoms with Crippen molar-refractivity contribution in [3.8, 4) is 0 Å². The zero-order valence-electron chi connectivity index (χ0n) is 16.2. The third-order valence-electron chi connectivity index (χ3n) is 5.14. The van der Waals surface area contributed by atoms with E-state index >= 15 is 0 Å². The quantitative estimate of drug-likeness (QED) is 0.270. The number of nitrogens with zero attached hydrogens (tertiary/aromatic N) is 2. The number of rotatable bonds is 4. The maximum atomic E-state index is 12.8. The topological polar surface area (TPSA) is 120 Å². The average Bonchev–Trinajstić information content (AvgIpc) is 2.75. The smallest absolute Gasteiger partial charge is 0.283 e. The molecule has 152 valence electrons. The van der Waals surface area contributed by atoms with E-state index in [-0.39, 0.29) is 33.9 Å².